The Morgan fingerprint density at radius 2 is 0.804 bits per heavy atom. The molecule has 0 saturated heterocycles. The van der Waals surface area contributed by atoms with Crippen LogP contribution in [0.25, 0.3) is 32.7 Å². The van der Waals surface area contributed by atoms with Gasteiger partial charge in [-0.2, -0.15) is 0 Å². The van der Waals surface area contributed by atoms with E-state index in [1.54, 1.807) is 0 Å². The Bertz CT molecular complexity index is 1820. The first-order valence-electron chi connectivity index (χ1n) is 16.3. The van der Waals surface area contributed by atoms with Crippen LogP contribution < -0.4 is 0 Å². The second-order valence-electron chi connectivity index (χ2n) is 14.1. The number of phenolic OH excluding ortho intramolecular Hbond substituents is 2. The Morgan fingerprint density at radius 1 is 0.457 bits per heavy atom. The van der Waals surface area contributed by atoms with Crippen molar-refractivity contribution in [2.45, 2.75) is 25.9 Å². The van der Waals surface area contributed by atoms with Gasteiger partial charge in [0.1, 0.15) is 24.6 Å². The number of phenols is 2. The van der Waals surface area contributed by atoms with Gasteiger partial charge in [0.05, 0.1) is 41.3 Å². The van der Waals surface area contributed by atoms with Gasteiger partial charge in [-0.3, -0.25) is 0 Å². The summed E-state index contributed by atoms with van der Waals surface area (Å²) in [4.78, 5) is 0. The number of fused-ring (bicyclic) bond motifs is 2. The first-order chi connectivity index (χ1) is 22.1. The van der Waals surface area contributed by atoms with Crippen LogP contribution in [-0.4, -0.2) is 60.5 Å². The molecule has 0 fully saturated rings. The SMILES string of the molecule is C[N+](C)(CCc1cc2ccccc2c(-c2c(O)c(CC[N+](C)(C)Cc3ccccc3)cc3ccccc23)c1O)Cc1ccccc1. The average Bonchev–Trinajstić information content (AvgIpc) is 3.04. The fraction of sp³-hybridized carbons (Fsp3) is 0.238. The van der Waals surface area contributed by atoms with Crippen LogP contribution in [0.4, 0.5) is 0 Å². The zero-order valence-electron chi connectivity index (χ0n) is 27.6. The molecular formula is C42H46N2O2+2. The third-order valence-corrected chi connectivity index (χ3v) is 9.33. The second-order valence-corrected chi connectivity index (χ2v) is 14.1. The summed E-state index contributed by atoms with van der Waals surface area (Å²) in [6.07, 6.45) is 1.43. The van der Waals surface area contributed by atoms with E-state index in [-0.39, 0.29) is 11.5 Å². The highest BCUT2D eigenvalue weighted by Crippen LogP contribution is 2.47. The molecule has 0 heterocycles. The standard InChI is InChI=1S/C42H44N2O2/c1-43(2,29-31-15-7-5-8-16-31)25-23-35-27-33-19-11-13-21-37(33)39(41(35)45)40-38-22-14-12-20-34(38)28-36(42(40)46)24-26-44(3,4)30-32-17-9-6-10-18-32/h5-22,27-28H,23-26,29-30H2,1-4H3/p+2. The van der Waals surface area contributed by atoms with E-state index in [9.17, 15) is 10.2 Å². The molecule has 6 rings (SSSR count). The third kappa shape index (κ3) is 6.94. The summed E-state index contributed by atoms with van der Waals surface area (Å²) in [6, 6.07) is 41.9. The van der Waals surface area contributed by atoms with Crippen LogP contribution in [0.15, 0.2) is 121 Å². The number of hydrogen-bond donors (Lipinski definition) is 2. The summed E-state index contributed by atoms with van der Waals surface area (Å²) in [5, 5.41) is 28.2. The number of benzene rings is 6. The van der Waals surface area contributed by atoms with Crippen LogP contribution in [0.3, 0.4) is 0 Å². The lowest BCUT2D eigenvalue weighted by Gasteiger charge is -2.30. The molecule has 6 aromatic carbocycles. The van der Waals surface area contributed by atoms with Gasteiger partial charge in [0.25, 0.3) is 0 Å². The molecule has 0 bridgehead atoms. The van der Waals surface area contributed by atoms with E-state index in [1.165, 1.54) is 11.1 Å². The van der Waals surface area contributed by atoms with Crippen molar-refractivity contribution in [3.8, 4) is 22.6 Å². The van der Waals surface area contributed by atoms with Gasteiger partial charge in [-0.25, -0.2) is 0 Å². The first-order valence-corrected chi connectivity index (χ1v) is 16.3. The summed E-state index contributed by atoms with van der Waals surface area (Å²) >= 11 is 0. The molecule has 0 aliphatic heterocycles. The lowest BCUT2D eigenvalue weighted by molar-refractivity contribution is -0.903. The van der Waals surface area contributed by atoms with Crippen molar-refractivity contribution >= 4 is 21.5 Å². The molecule has 4 heteroatoms. The van der Waals surface area contributed by atoms with Crippen molar-refractivity contribution in [3.05, 3.63) is 144 Å². The molecule has 46 heavy (non-hydrogen) atoms. The van der Waals surface area contributed by atoms with Crippen molar-refractivity contribution in [2.24, 2.45) is 0 Å². The van der Waals surface area contributed by atoms with Gasteiger partial charge >= 0.3 is 0 Å². The number of aromatic hydroxyl groups is 2. The molecule has 0 aliphatic carbocycles. The molecule has 0 saturated carbocycles. The minimum atomic E-state index is 0.260. The highest BCUT2D eigenvalue weighted by Gasteiger charge is 2.25. The molecule has 0 unspecified atom stereocenters. The van der Waals surface area contributed by atoms with Gasteiger partial charge in [0, 0.05) is 46.2 Å². The van der Waals surface area contributed by atoms with E-state index in [0.717, 1.165) is 78.9 Å². The maximum absolute atomic E-state index is 12.1. The van der Waals surface area contributed by atoms with Gasteiger partial charge in [0.15, 0.2) is 0 Å². The van der Waals surface area contributed by atoms with Gasteiger partial charge in [-0.15, -0.1) is 0 Å². The Balaban J connectivity index is 1.40. The summed E-state index contributed by atoms with van der Waals surface area (Å²) in [6.45, 7) is 3.55. The van der Waals surface area contributed by atoms with Crippen LogP contribution in [0.1, 0.15) is 22.3 Å². The lowest BCUT2D eigenvalue weighted by atomic mass is 9.87. The van der Waals surface area contributed by atoms with Gasteiger partial charge in [-0.1, -0.05) is 109 Å². The van der Waals surface area contributed by atoms with Crippen LogP contribution in [0.5, 0.6) is 11.5 Å². The fourth-order valence-corrected chi connectivity index (χ4v) is 6.84. The molecule has 0 radical (unpaired) electrons. The minimum Gasteiger partial charge on any atom is -0.507 e. The normalized spacial score (nSPS) is 12.2. The van der Waals surface area contributed by atoms with Gasteiger partial charge in [0.2, 0.25) is 0 Å². The highest BCUT2D eigenvalue weighted by molar-refractivity contribution is 6.10. The molecule has 0 aliphatic rings. The second kappa shape index (κ2) is 13.0. The molecule has 2 N–H and O–H groups in total. The van der Waals surface area contributed by atoms with E-state index < -0.39 is 0 Å². The lowest BCUT2D eigenvalue weighted by Crippen LogP contribution is -2.40. The van der Waals surface area contributed by atoms with Crippen molar-refractivity contribution in [1.82, 2.24) is 0 Å². The predicted octanol–water partition coefficient (Wildman–Crippen LogP) is 8.71. The summed E-state index contributed by atoms with van der Waals surface area (Å²) < 4.78 is 1.60. The van der Waals surface area contributed by atoms with E-state index in [1.807, 2.05) is 24.3 Å². The first kappa shape index (κ1) is 31.3. The summed E-state index contributed by atoms with van der Waals surface area (Å²) in [5.74, 6) is 0.521. The summed E-state index contributed by atoms with van der Waals surface area (Å²) in [5.41, 5.74) is 5.85. The van der Waals surface area contributed by atoms with Crippen molar-refractivity contribution < 1.29 is 19.2 Å². The molecule has 6 aromatic rings. The number of likely N-dealkylation sites (N-methyl/N-ethyl adjacent to an activating group) is 2. The minimum absolute atomic E-state index is 0.260. The molecule has 0 aromatic heterocycles. The molecular weight excluding hydrogens is 564 g/mol. The molecule has 0 amide bonds. The molecule has 0 spiro atoms. The van der Waals surface area contributed by atoms with Gasteiger partial charge < -0.3 is 19.2 Å². The maximum atomic E-state index is 12.1. The van der Waals surface area contributed by atoms with Crippen LogP contribution in [0.2, 0.25) is 0 Å². The highest BCUT2D eigenvalue weighted by atomic mass is 16.3. The summed E-state index contributed by atoms with van der Waals surface area (Å²) in [7, 11) is 8.97. The number of rotatable bonds is 11. The Morgan fingerprint density at radius 3 is 1.20 bits per heavy atom. The smallest absolute Gasteiger partial charge is 0.127 e. The molecule has 234 valence electrons. The van der Waals surface area contributed by atoms with E-state index in [2.05, 4.69) is 125 Å². The zero-order valence-corrected chi connectivity index (χ0v) is 27.6. The van der Waals surface area contributed by atoms with Gasteiger partial charge in [-0.05, 0) is 33.7 Å². The molecule has 4 nitrogen and oxygen atoms in total. The third-order valence-electron chi connectivity index (χ3n) is 9.33. The Hall–Kier alpha value is -4.64. The van der Waals surface area contributed by atoms with E-state index in [4.69, 9.17) is 0 Å². The van der Waals surface area contributed by atoms with E-state index >= 15 is 0 Å². The van der Waals surface area contributed by atoms with Crippen molar-refractivity contribution in [3.63, 3.8) is 0 Å². The topological polar surface area (TPSA) is 40.5 Å². The van der Waals surface area contributed by atoms with Crippen molar-refractivity contribution in [1.29, 1.82) is 0 Å². The quantitative estimate of drug-likeness (QED) is 0.144. The molecule has 0 atom stereocenters. The number of nitrogens with zero attached hydrogens (tertiary/aromatic N) is 2. The van der Waals surface area contributed by atoms with Crippen LogP contribution in [-0.2, 0) is 25.9 Å². The Labute approximate surface area is 273 Å². The Kier molecular flexibility index (Phi) is 8.86. The van der Waals surface area contributed by atoms with Crippen LogP contribution in [0, 0.1) is 0 Å². The monoisotopic (exact) mass is 610 g/mol. The largest absolute Gasteiger partial charge is 0.507 e. The van der Waals surface area contributed by atoms with E-state index in [0.29, 0.717) is 12.8 Å². The fourth-order valence-electron chi connectivity index (χ4n) is 6.84. The zero-order chi connectivity index (χ0) is 32.3. The van der Waals surface area contributed by atoms with Crippen molar-refractivity contribution in [2.75, 3.05) is 41.3 Å². The predicted molar refractivity (Wildman–Crippen MR) is 192 cm³/mol. The number of hydrogen-bond acceptors (Lipinski definition) is 2. The number of quaternary nitrogens is 2. The maximum Gasteiger partial charge on any atom is 0.127 e. The average molecular weight is 611 g/mol. The van der Waals surface area contributed by atoms with Crippen LogP contribution >= 0.6 is 0 Å².